The van der Waals surface area contributed by atoms with Crippen LogP contribution < -0.4 is 10.7 Å². The molecule has 2 N–H and O–H groups in total. The van der Waals surface area contributed by atoms with E-state index in [1.165, 1.54) is 11.3 Å². The van der Waals surface area contributed by atoms with Crippen LogP contribution in [-0.2, 0) is 17.8 Å². The van der Waals surface area contributed by atoms with Gasteiger partial charge in [-0.05, 0) is 44.2 Å². The number of hydrazine groups is 1. The summed E-state index contributed by atoms with van der Waals surface area (Å²) < 4.78 is 1.91. The van der Waals surface area contributed by atoms with Gasteiger partial charge in [0.1, 0.15) is 10.4 Å². The van der Waals surface area contributed by atoms with Crippen molar-refractivity contribution in [2.75, 3.05) is 0 Å². The molecule has 1 saturated heterocycles. The van der Waals surface area contributed by atoms with Crippen molar-refractivity contribution in [2.45, 2.75) is 52.6 Å². The Morgan fingerprint density at radius 2 is 1.97 bits per heavy atom. The maximum Gasteiger partial charge on any atom is 0.344 e. The minimum atomic E-state index is -1.07. The van der Waals surface area contributed by atoms with Gasteiger partial charge >= 0.3 is 6.03 Å². The molecule has 1 fully saturated rings. The van der Waals surface area contributed by atoms with Crippen molar-refractivity contribution in [3.63, 3.8) is 0 Å². The molecular formula is C23H27N5O3S. The zero-order chi connectivity index (χ0) is 23.0. The lowest BCUT2D eigenvalue weighted by atomic mass is 9.93. The summed E-state index contributed by atoms with van der Waals surface area (Å²) in [6.45, 7) is 8.56. The molecule has 0 unspecified atom stereocenters. The number of rotatable bonds is 7. The van der Waals surface area contributed by atoms with Gasteiger partial charge in [0.25, 0.3) is 11.8 Å². The van der Waals surface area contributed by atoms with Crippen LogP contribution in [0.15, 0.2) is 36.4 Å². The molecule has 2 aromatic heterocycles. The first kappa shape index (κ1) is 22.0. The molecule has 168 valence electrons. The largest absolute Gasteiger partial charge is 0.344 e. The van der Waals surface area contributed by atoms with E-state index in [-0.39, 0.29) is 0 Å². The summed E-state index contributed by atoms with van der Waals surface area (Å²) in [6.07, 6.45) is 1.06. The molecule has 4 rings (SSSR count). The standard InChI is InChI=1S/C23H27N5O3S/c1-14(2)13-27-20-17(15(3)25-27)12-18(32-20)19(29)26-28-21(30)23(4,24-22(28)31)11-10-16-8-6-5-7-9-16/h5-9,12,14H,10-11,13H2,1-4H3,(H,24,31)(H,26,29)/t23-/m0/s1. The number of hydrogen-bond donors (Lipinski definition) is 2. The van der Waals surface area contributed by atoms with Crippen LogP contribution in [0.5, 0.6) is 0 Å². The molecule has 0 saturated carbocycles. The molecule has 3 heterocycles. The third kappa shape index (κ3) is 4.12. The lowest BCUT2D eigenvalue weighted by Crippen LogP contribution is -2.48. The normalized spacial score (nSPS) is 18.6. The number of thiophene rings is 1. The van der Waals surface area contributed by atoms with Crippen LogP contribution in [0, 0.1) is 12.8 Å². The number of urea groups is 1. The Kier molecular flexibility index (Phi) is 5.77. The van der Waals surface area contributed by atoms with Gasteiger partial charge in [0.15, 0.2) is 0 Å². The van der Waals surface area contributed by atoms with Gasteiger partial charge in [0.2, 0.25) is 0 Å². The lowest BCUT2D eigenvalue weighted by molar-refractivity contribution is -0.132. The Morgan fingerprint density at radius 3 is 2.66 bits per heavy atom. The van der Waals surface area contributed by atoms with E-state index in [1.54, 1.807) is 13.0 Å². The quantitative estimate of drug-likeness (QED) is 0.534. The highest BCUT2D eigenvalue weighted by molar-refractivity contribution is 7.20. The fraction of sp³-hybridized carbons (Fsp3) is 0.391. The molecule has 4 amide bonds. The van der Waals surface area contributed by atoms with Gasteiger partial charge in [0.05, 0.1) is 10.6 Å². The van der Waals surface area contributed by atoms with Crippen LogP contribution >= 0.6 is 11.3 Å². The highest BCUT2D eigenvalue weighted by atomic mass is 32.1. The van der Waals surface area contributed by atoms with E-state index in [9.17, 15) is 14.4 Å². The lowest BCUT2D eigenvalue weighted by Gasteiger charge is -2.21. The zero-order valence-corrected chi connectivity index (χ0v) is 19.5. The second kappa shape index (κ2) is 8.38. The number of amides is 4. The molecule has 32 heavy (non-hydrogen) atoms. The van der Waals surface area contributed by atoms with E-state index in [2.05, 4.69) is 29.7 Å². The number of aryl methyl sites for hydroxylation is 2. The van der Waals surface area contributed by atoms with E-state index in [0.29, 0.717) is 23.6 Å². The van der Waals surface area contributed by atoms with Crippen LogP contribution in [-0.4, -0.2) is 38.2 Å². The second-order valence-electron chi connectivity index (χ2n) is 8.82. The number of imide groups is 1. The number of carbonyl (C=O) groups is 3. The molecule has 1 aliphatic rings. The molecule has 0 bridgehead atoms. The van der Waals surface area contributed by atoms with E-state index in [0.717, 1.165) is 33.0 Å². The molecule has 1 aliphatic heterocycles. The third-order valence-corrected chi connectivity index (χ3v) is 6.75. The summed E-state index contributed by atoms with van der Waals surface area (Å²) in [6, 6.07) is 10.9. The smallest absolute Gasteiger partial charge is 0.322 e. The highest BCUT2D eigenvalue weighted by Gasteiger charge is 2.48. The fourth-order valence-electron chi connectivity index (χ4n) is 3.85. The number of nitrogens with zero attached hydrogens (tertiary/aromatic N) is 3. The zero-order valence-electron chi connectivity index (χ0n) is 18.6. The molecule has 0 aliphatic carbocycles. The summed E-state index contributed by atoms with van der Waals surface area (Å²) in [4.78, 5) is 39.7. The number of fused-ring (bicyclic) bond motifs is 1. The van der Waals surface area contributed by atoms with Crippen LogP contribution in [0.1, 0.15) is 48.1 Å². The van der Waals surface area contributed by atoms with E-state index in [4.69, 9.17) is 0 Å². The van der Waals surface area contributed by atoms with Gasteiger partial charge in [-0.1, -0.05) is 44.2 Å². The minimum absolute atomic E-state index is 0.413. The number of hydrogen-bond acceptors (Lipinski definition) is 5. The van der Waals surface area contributed by atoms with E-state index in [1.807, 2.05) is 41.9 Å². The number of nitrogens with one attached hydrogen (secondary N) is 2. The van der Waals surface area contributed by atoms with Crippen molar-refractivity contribution in [3.05, 3.63) is 52.5 Å². The predicted molar refractivity (Wildman–Crippen MR) is 123 cm³/mol. The SMILES string of the molecule is Cc1nn(CC(C)C)c2sc(C(=O)NN3C(=O)N[C@@](C)(CCc4ccccc4)C3=O)cc12. The fourth-order valence-corrected chi connectivity index (χ4v) is 4.91. The van der Waals surface area contributed by atoms with Gasteiger partial charge in [-0.15, -0.1) is 11.3 Å². The maximum absolute atomic E-state index is 13.0. The number of carbonyl (C=O) groups excluding carboxylic acids is 3. The first-order chi connectivity index (χ1) is 15.2. The Hall–Kier alpha value is -3.20. The van der Waals surface area contributed by atoms with Crippen LogP contribution in [0.2, 0.25) is 0 Å². The van der Waals surface area contributed by atoms with Crippen molar-refractivity contribution >= 4 is 39.4 Å². The highest BCUT2D eigenvalue weighted by Crippen LogP contribution is 2.29. The first-order valence-corrected chi connectivity index (χ1v) is 11.5. The summed E-state index contributed by atoms with van der Waals surface area (Å²) >= 11 is 1.31. The number of benzene rings is 1. The molecule has 1 atom stereocenters. The molecular weight excluding hydrogens is 426 g/mol. The molecule has 1 aromatic carbocycles. The van der Waals surface area contributed by atoms with Crippen molar-refractivity contribution in [2.24, 2.45) is 5.92 Å². The summed E-state index contributed by atoms with van der Waals surface area (Å²) in [5.74, 6) is -0.538. The Balaban J connectivity index is 1.48. The summed E-state index contributed by atoms with van der Waals surface area (Å²) in [7, 11) is 0. The molecule has 8 nitrogen and oxygen atoms in total. The Morgan fingerprint density at radius 1 is 1.25 bits per heavy atom. The molecule has 3 aromatic rings. The van der Waals surface area contributed by atoms with Crippen molar-refractivity contribution < 1.29 is 14.4 Å². The second-order valence-corrected chi connectivity index (χ2v) is 9.85. The molecule has 0 spiro atoms. The summed E-state index contributed by atoms with van der Waals surface area (Å²) in [5, 5.41) is 8.98. The van der Waals surface area contributed by atoms with Crippen LogP contribution in [0.25, 0.3) is 10.2 Å². The average molecular weight is 454 g/mol. The minimum Gasteiger partial charge on any atom is -0.322 e. The van der Waals surface area contributed by atoms with Gasteiger partial charge in [-0.2, -0.15) is 10.1 Å². The van der Waals surface area contributed by atoms with Crippen molar-refractivity contribution in [1.82, 2.24) is 25.5 Å². The van der Waals surface area contributed by atoms with Crippen molar-refractivity contribution in [3.8, 4) is 0 Å². The molecule has 9 heteroatoms. The van der Waals surface area contributed by atoms with E-state index >= 15 is 0 Å². The van der Waals surface area contributed by atoms with Crippen LogP contribution in [0.3, 0.4) is 0 Å². The number of aromatic nitrogens is 2. The Labute approximate surface area is 190 Å². The third-order valence-electron chi connectivity index (χ3n) is 5.60. The monoisotopic (exact) mass is 453 g/mol. The van der Waals surface area contributed by atoms with Gasteiger partial charge in [-0.3, -0.25) is 19.7 Å². The Bertz CT molecular complexity index is 1180. The molecule has 0 radical (unpaired) electrons. The summed E-state index contributed by atoms with van der Waals surface area (Å²) in [5.41, 5.74) is 3.34. The van der Waals surface area contributed by atoms with E-state index < -0.39 is 23.4 Å². The topological polar surface area (TPSA) is 96.3 Å². The first-order valence-electron chi connectivity index (χ1n) is 10.7. The van der Waals surface area contributed by atoms with Crippen molar-refractivity contribution in [1.29, 1.82) is 0 Å². The predicted octanol–water partition coefficient (Wildman–Crippen LogP) is 3.65. The van der Waals surface area contributed by atoms with Gasteiger partial charge in [-0.25, -0.2) is 4.79 Å². The van der Waals surface area contributed by atoms with Gasteiger partial charge < -0.3 is 5.32 Å². The van der Waals surface area contributed by atoms with Gasteiger partial charge in [0, 0.05) is 11.9 Å². The maximum atomic E-state index is 13.0. The average Bonchev–Trinajstić information content (AvgIpc) is 3.37. The van der Waals surface area contributed by atoms with Crippen LogP contribution in [0.4, 0.5) is 4.79 Å².